The number of carbonyl (C=O) groups excluding carboxylic acids is 1. The molecule has 4 N–H and O–H groups in total. The van der Waals surface area contributed by atoms with Gasteiger partial charge < -0.3 is 20.5 Å². The Kier molecular flexibility index (Phi) is 5.39. The van der Waals surface area contributed by atoms with Crippen molar-refractivity contribution in [3.8, 4) is 22.3 Å². The molecule has 1 aromatic carbocycles. The van der Waals surface area contributed by atoms with E-state index >= 15 is 0 Å². The highest BCUT2D eigenvalue weighted by atomic mass is 79.9. The molecule has 2 aliphatic rings. The number of nitrogen functional groups attached to an aromatic ring is 1. The maximum Gasteiger partial charge on any atom is 0.267 e. The van der Waals surface area contributed by atoms with E-state index < -0.39 is 5.91 Å². The zero-order chi connectivity index (χ0) is 21.4. The Bertz CT molecular complexity index is 1210. The van der Waals surface area contributed by atoms with Crippen LogP contribution in [0.25, 0.3) is 22.3 Å². The largest absolute Gasteiger partial charge is 0.472 e. The van der Waals surface area contributed by atoms with Crippen molar-refractivity contribution in [2.75, 3.05) is 5.73 Å². The summed E-state index contributed by atoms with van der Waals surface area (Å²) in [4.78, 5) is 16.9. The topological polar surface area (TPSA) is 100 Å². The number of benzene rings is 1. The van der Waals surface area contributed by atoms with Crippen LogP contribution in [-0.2, 0) is 13.0 Å². The van der Waals surface area contributed by atoms with E-state index in [0.29, 0.717) is 23.6 Å². The molecule has 0 atom stereocenters. The second-order valence-electron chi connectivity index (χ2n) is 7.30. The van der Waals surface area contributed by atoms with Gasteiger partial charge in [-0.25, -0.2) is 4.98 Å². The minimum absolute atomic E-state index is 0.441. The van der Waals surface area contributed by atoms with Crippen LogP contribution in [0.3, 0.4) is 0 Å². The first kappa shape index (κ1) is 20.2. The number of carbonyl (C=O) groups is 1. The Labute approximate surface area is 183 Å². The number of hydrogen-bond acceptors (Lipinski definition) is 4. The monoisotopic (exact) mass is 466 g/mol. The highest BCUT2D eigenvalue weighted by Crippen LogP contribution is 2.47. The van der Waals surface area contributed by atoms with Crippen LogP contribution in [0.2, 0.25) is 0 Å². The Hall–Kier alpha value is -3.06. The van der Waals surface area contributed by atoms with Gasteiger partial charge in [0.25, 0.3) is 5.91 Å². The number of nitrogens with zero attached hydrogens (tertiary/aromatic N) is 2. The summed E-state index contributed by atoms with van der Waals surface area (Å²) in [6.07, 6.45) is 5.04. The number of fused-ring (bicyclic) bond motifs is 1. The zero-order valence-electron chi connectivity index (χ0n) is 16.9. The summed E-state index contributed by atoms with van der Waals surface area (Å²) < 4.78 is 8.28. The first-order chi connectivity index (χ1) is 14.4. The van der Waals surface area contributed by atoms with Gasteiger partial charge in [0.05, 0.1) is 24.8 Å². The van der Waals surface area contributed by atoms with E-state index in [-0.39, 0.29) is 0 Å². The minimum Gasteiger partial charge on any atom is -0.472 e. The van der Waals surface area contributed by atoms with Crippen molar-refractivity contribution in [1.82, 2.24) is 9.55 Å². The van der Waals surface area contributed by atoms with E-state index in [9.17, 15) is 4.79 Å². The lowest BCUT2D eigenvalue weighted by Gasteiger charge is -2.14. The number of halogens is 1. The van der Waals surface area contributed by atoms with Crippen molar-refractivity contribution in [3.63, 3.8) is 0 Å². The highest BCUT2D eigenvalue weighted by molar-refractivity contribution is 9.10. The van der Waals surface area contributed by atoms with Gasteiger partial charge in [-0.2, -0.15) is 0 Å². The number of primary amides is 1. The number of aromatic nitrogens is 2. The SMILES string of the molecule is CCCc1nc(C)c(C(N)=O)n1Cc1c2ccocc-2c(Br)c1-c1ccccc1N. The number of rotatable bonds is 6. The number of aryl methyl sites for hydroxylation is 2. The van der Waals surface area contributed by atoms with Gasteiger partial charge in [-0.05, 0) is 52.5 Å². The summed E-state index contributed by atoms with van der Waals surface area (Å²) in [5.74, 6) is 0.370. The molecule has 1 aliphatic heterocycles. The van der Waals surface area contributed by atoms with Crippen LogP contribution >= 0.6 is 15.9 Å². The molecule has 0 saturated carbocycles. The molecular formula is C23H23BrN4O2. The average molecular weight is 467 g/mol. The number of amides is 1. The van der Waals surface area contributed by atoms with Gasteiger partial charge in [0.15, 0.2) is 0 Å². The summed E-state index contributed by atoms with van der Waals surface area (Å²) in [6, 6.07) is 9.69. The third-order valence-electron chi connectivity index (χ3n) is 5.35. The van der Waals surface area contributed by atoms with Gasteiger partial charge in [0, 0.05) is 33.3 Å². The predicted molar refractivity (Wildman–Crippen MR) is 121 cm³/mol. The fourth-order valence-corrected chi connectivity index (χ4v) is 4.82. The lowest BCUT2D eigenvalue weighted by molar-refractivity contribution is 0.0991. The summed E-state index contributed by atoms with van der Waals surface area (Å²) in [5.41, 5.74) is 18.7. The fraction of sp³-hybridized carbons (Fsp3) is 0.217. The van der Waals surface area contributed by atoms with E-state index in [2.05, 4.69) is 27.8 Å². The summed E-state index contributed by atoms with van der Waals surface area (Å²) in [6.45, 7) is 4.36. The second kappa shape index (κ2) is 7.99. The number of imidazole rings is 1. The van der Waals surface area contributed by atoms with Gasteiger partial charge in [0.2, 0.25) is 0 Å². The van der Waals surface area contributed by atoms with Crippen LogP contribution in [0.15, 0.2) is 51.7 Å². The maximum atomic E-state index is 12.2. The van der Waals surface area contributed by atoms with Gasteiger partial charge in [-0.15, -0.1) is 0 Å². The lowest BCUT2D eigenvalue weighted by atomic mass is 10.0. The Morgan fingerprint density at radius 1 is 1.20 bits per heavy atom. The average Bonchev–Trinajstić information content (AvgIpc) is 3.17. The number of hydrogen-bond donors (Lipinski definition) is 2. The Morgan fingerprint density at radius 3 is 2.67 bits per heavy atom. The molecule has 1 aromatic heterocycles. The molecule has 4 rings (SSSR count). The number of anilines is 1. The molecule has 0 saturated heterocycles. The third kappa shape index (κ3) is 3.29. The van der Waals surface area contributed by atoms with Crippen molar-refractivity contribution in [2.45, 2.75) is 33.2 Å². The molecular weight excluding hydrogens is 444 g/mol. The number of para-hydroxylation sites is 1. The van der Waals surface area contributed by atoms with Crippen LogP contribution in [0.5, 0.6) is 0 Å². The van der Waals surface area contributed by atoms with Crippen molar-refractivity contribution in [1.29, 1.82) is 0 Å². The van der Waals surface area contributed by atoms with E-state index in [1.54, 1.807) is 12.5 Å². The molecule has 154 valence electrons. The third-order valence-corrected chi connectivity index (χ3v) is 6.17. The van der Waals surface area contributed by atoms with Crippen LogP contribution in [0, 0.1) is 6.92 Å². The van der Waals surface area contributed by atoms with Crippen molar-refractivity contribution >= 4 is 27.5 Å². The quantitative estimate of drug-likeness (QED) is 0.390. The van der Waals surface area contributed by atoms with Crippen LogP contribution in [-0.4, -0.2) is 15.5 Å². The molecule has 1 amide bonds. The predicted octanol–water partition coefficient (Wildman–Crippen LogP) is 5.00. The molecule has 2 heterocycles. The van der Waals surface area contributed by atoms with Crippen molar-refractivity contribution in [2.24, 2.45) is 5.73 Å². The standard InChI is InChI=1S/C23H23BrN4O2/c1-3-6-19-27-13(2)22(23(26)29)28(19)11-16-14-9-10-30-12-17(14)21(24)20(16)15-7-4-5-8-18(15)25/h4-5,7-10,12H,3,6,11,25H2,1-2H3,(H2,26,29). The van der Waals surface area contributed by atoms with Gasteiger partial charge in [-0.1, -0.05) is 25.1 Å². The molecule has 0 unspecified atom stereocenters. The zero-order valence-corrected chi connectivity index (χ0v) is 18.5. The van der Waals surface area contributed by atoms with Gasteiger partial charge >= 0.3 is 0 Å². The normalized spacial score (nSPS) is 11.3. The molecule has 7 heteroatoms. The van der Waals surface area contributed by atoms with E-state index in [0.717, 1.165) is 51.0 Å². The molecule has 0 fully saturated rings. The molecule has 0 bridgehead atoms. The molecule has 2 aromatic rings. The molecule has 0 radical (unpaired) electrons. The van der Waals surface area contributed by atoms with Crippen molar-refractivity contribution < 1.29 is 9.21 Å². The second-order valence-corrected chi connectivity index (χ2v) is 8.09. The lowest BCUT2D eigenvalue weighted by Crippen LogP contribution is -2.20. The highest BCUT2D eigenvalue weighted by Gasteiger charge is 2.27. The van der Waals surface area contributed by atoms with Crippen molar-refractivity contribution in [3.05, 3.63) is 70.1 Å². The Balaban J connectivity index is 1.99. The summed E-state index contributed by atoms with van der Waals surface area (Å²) >= 11 is 3.76. The molecule has 1 aliphatic carbocycles. The number of nitrogens with two attached hydrogens (primary N) is 2. The molecule has 0 spiro atoms. The minimum atomic E-state index is -0.479. The summed E-state index contributed by atoms with van der Waals surface area (Å²) in [5, 5.41) is 0. The Morgan fingerprint density at radius 2 is 1.97 bits per heavy atom. The van der Waals surface area contributed by atoms with E-state index in [1.165, 1.54) is 0 Å². The van der Waals surface area contributed by atoms with Gasteiger partial charge in [-0.3, -0.25) is 4.79 Å². The first-order valence-electron chi connectivity index (χ1n) is 9.80. The smallest absolute Gasteiger partial charge is 0.267 e. The molecule has 6 nitrogen and oxygen atoms in total. The maximum absolute atomic E-state index is 12.2. The fourth-order valence-electron chi connectivity index (χ4n) is 4.06. The molecule has 30 heavy (non-hydrogen) atoms. The van der Waals surface area contributed by atoms with Gasteiger partial charge in [0.1, 0.15) is 11.5 Å². The van der Waals surface area contributed by atoms with Crippen LogP contribution < -0.4 is 11.5 Å². The summed E-state index contributed by atoms with van der Waals surface area (Å²) in [7, 11) is 0. The van der Waals surface area contributed by atoms with Crippen LogP contribution in [0.4, 0.5) is 5.69 Å². The van der Waals surface area contributed by atoms with E-state index in [4.69, 9.17) is 15.9 Å². The first-order valence-corrected chi connectivity index (χ1v) is 10.6. The van der Waals surface area contributed by atoms with Crippen LogP contribution in [0.1, 0.15) is 40.9 Å². The van der Waals surface area contributed by atoms with E-state index in [1.807, 2.05) is 41.8 Å².